The number of amides is 3. The zero-order chi connectivity index (χ0) is 36.0. The maximum Gasteiger partial charge on any atom is 0.321 e. The van der Waals surface area contributed by atoms with Crippen molar-refractivity contribution in [2.24, 2.45) is 11.8 Å². The highest BCUT2D eigenvalue weighted by Gasteiger charge is 2.40. The van der Waals surface area contributed by atoms with Crippen molar-refractivity contribution >= 4 is 33.3 Å². The van der Waals surface area contributed by atoms with Crippen molar-refractivity contribution in [3.63, 3.8) is 0 Å². The zero-order valence-corrected chi connectivity index (χ0v) is 31.2. The first-order valence-corrected chi connectivity index (χ1v) is 19.2. The molecule has 49 heavy (non-hydrogen) atoms. The molecule has 0 aliphatic carbocycles. The minimum absolute atomic E-state index is 0.0209. The highest BCUT2D eigenvalue weighted by atomic mass is 32.2. The molecule has 13 heteroatoms. The van der Waals surface area contributed by atoms with Crippen molar-refractivity contribution < 1.29 is 28.2 Å². The van der Waals surface area contributed by atoms with Gasteiger partial charge in [-0.1, -0.05) is 71.9 Å². The number of aryl methyl sites for hydroxylation is 1. The molecule has 1 aliphatic heterocycles. The molecule has 1 aliphatic rings. The monoisotopic (exact) mass is 713 g/mol. The summed E-state index contributed by atoms with van der Waals surface area (Å²) in [7, 11) is -4.09. The Morgan fingerprint density at radius 3 is 2.33 bits per heavy atom. The lowest BCUT2D eigenvalue weighted by molar-refractivity contribution is -0.128. The summed E-state index contributed by atoms with van der Waals surface area (Å²) in [5.41, 5.74) is 2.17. The van der Waals surface area contributed by atoms with E-state index in [4.69, 9.17) is 0 Å². The van der Waals surface area contributed by atoms with Crippen LogP contribution in [-0.4, -0.2) is 94.0 Å². The number of aromatic hydroxyl groups is 1. The van der Waals surface area contributed by atoms with Crippen molar-refractivity contribution in [3.8, 4) is 5.75 Å². The van der Waals surface area contributed by atoms with Gasteiger partial charge in [-0.3, -0.25) is 4.79 Å². The van der Waals surface area contributed by atoms with Gasteiger partial charge in [0.15, 0.2) is 0 Å². The number of urea groups is 1. The highest BCUT2D eigenvalue weighted by Crippen LogP contribution is 2.30. The van der Waals surface area contributed by atoms with E-state index in [-0.39, 0.29) is 53.9 Å². The third-order valence-corrected chi connectivity index (χ3v) is 11.3. The number of phenolic OH excluding ortho intramolecular Hbond substituents is 1. The van der Waals surface area contributed by atoms with Gasteiger partial charge in [0.1, 0.15) is 11.8 Å². The Kier molecular flexibility index (Phi) is 12.9. The third-order valence-electron chi connectivity index (χ3n) is 8.69. The first-order valence-electron chi connectivity index (χ1n) is 16.9. The molecule has 2 aromatic carbocycles. The van der Waals surface area contributed by atoms with Crippen LogP contribution in [0.5, 0.6) is 5.75 Å². The van der Waals surface area contributed by atoms with Gasteiger partial charge in [0.25, 0.3) is 0 Å². The fraction of sp³-hybridized carbons (Fsp3) is 0.528. The standard InChI is InChI=1S/C36H51N5O6S2/c1-23(2)19-40(49(46,47)29-13-14-32(42)30(18-29)24(3)4)21-33(43)31(17-27-11-9-8-10-12-27)38-35(44)34(25(5)6)41-16-15-39(36(41)45)20-28-22-48-26(7)37-28/h8-14,18,22-25,31,33-34,42-43H,15-17,19-21H2,1-7H3,(H,38,44)/t31-,33+,34-/m0/s1. The number of hydrogen-bond acceptors (Lipinski definition) is 8. The Hall–Kier alpha value is -3.52. The van der Waals surface area contributed by atoms with Crippen LogP contribution in [0.3, 0.4) is 0 Å². The number of nitrogens with one attached hydrogen (secondary N) is 1. The number of hydrogen-bond donors (Lipinski definition) is 3. The molecule has 2 heterocycles. The maximum absolute atomic E-state index is 14.1. The van der Waals surface area contributed by atoms with Crippen LogP contribution in [0.4, 0.5) is 4.79 Å². The van der Waals surface area contributed by atoms with Gasteiger partial charge < -0.3 is 25.3 Å². The van der Waals surface area contributed by atoms with Crippen molar-refractivity contribution in [2.45, 2.75) is 90.4 Å². The molecule has 1 aromatic heterocycles. The normalized spacial score (nSPS) is 15.9. The molecule has 3 aromatic rings. The molecule has 3 amide bonds. The van der Waals surface area contributed by atoms with Crippen LogP contribution in [-0.2, 0) is 27.8 Å². The average molecular weight is 714 g/mol. The molecule has 0 bridgehead atoms. The van der Waals surface area contributed by atoms with Gasteiger partial charge in [0, 0.05) is 31.6 Å². The Balaban J connectivity index is 1.59. The van der Waals surface area contributed by atoms with E-state index in [1.54, 1.807) is 9.80 Å². The number of carbonyl (C=O) groups excluding carboxylic acids is 2. The largest absolute Gasteiger partial charge is 0.508 e. The minimum Gasteiger partial charge on any atom is -0.508 e. The van der Waals surface area contributed by atoms with Gasteiger partial charge in [0.2, 0.25) is 15.9 Å². The average Bonchev–Trinajstić information content (AvgIpc) is 3.60. The zero-order valence-electron chi connectivity index (χ0n) is 29.5. The van der Waals surface area contributed by atoms with Gasteiger partial charge in [-0.05, 0) is 60.4 Å². The molecular weight excluding hydrogens is 663 g/mol. The van der Waals surface area contributed by atoms with Crippen LogP contribution in [0.2, 0.25) is 0 Å². The molecule has 1 saturated heterocycles. The van der Waals surface area contributed by atoms with E-state index in [1.807, 2.05) is 84.2 Å². The topological polar surface area (TPSA) is 143 Å². The van der Waals surface area contributed by atoms with Gasteiger partial charge >= 0.3 is 6.03 Å². The van der Waals surface area contributed by atoms with Gasteiger partial charge in [-0.15, -0.1) is 11.3 Å². The van der Waals surface area contributed by atoms with Gasteiger partial charge in [-0.25, -0.2) is 18.2 Å². The predicted octanol–water partition coefficient (Wildman–Crippen LogP) is 4.98. The quantitative estimate of drug-likeness (QED) is 0.190. The molecule has 268 valence electrons. The van der Waals surface area contributed by atoms with E-state index in [2.05, 4.69) is 10.3 Å². The molecule has 3 N–H and O–H groups in total. The first-order chi connectivity index (χ1) is 23.1. The third kappa shape index (κ3) is 9.59. The molecule has 4 rings (SSSR count). The number of aliphatic hydroxyl groups is 1. The smallest absolute Gasteiger partial charge is 0.321 e. The number of aromatic nitrogens is 1. The lowest BCUT2D eigenvalue weighted by atomic mass is 9.97. The van der Waals surface area contributed by atoms with Crippen molar-refractivity contribution in [1.82, 2.24) is 24.4 Å². The van der Waals surface area contributed by atoms with E-state index < -0.39 is 34.1 Å². The number of sulfonamides is 1. The molecule has 1 fully saturated rings. The van der Waals surface area contributed by atoms with Crippen LogP contribution in [0.15, 0.2) is 58.8 Å². The lowest BCUT2D eigenvalue weighted by Crippen LogP contribution is -2.57. The number of rotatable bonds is 16. The number of thiazole rings is 1. The van der Waals surface area contributed by atoms with Crippen LogP contribution >= 0.6 is 11.3 Å². The van der Waals surface area contributed by atoms with E-state index in [0.717, 1.165) is 16.3 Å². The van der Waals surface area contributed by atoms with E-state index in [1.165, 1.54) is 33.8 Å². The summed E-state index contributed by atoms with van der Waals surface area (Å²) in [6.45, 7) is 14.3. The molecule has 11 nitrogen and oxygen atoms in total. The van der Waals surface area contributed by atoms with E-state index >= 15 is 0 Å². The second kappa shape index (κ2) is 16.5. The predicted molar refractivity (Wildman–Crippen MR) is 192 cm³/mol. The summed E-state index contributed by atoms with van der Waals surface area (Å²) in [5, 5.41) is 28.0. The van der Waals surface area contributed by atoms with E-state index in [0.29, 0.717) is 25.2 Å². The second-order valence-electron chi connectivity index (χ2n) is 13.9. The Morgan fingerprint density at radius 2 is 1.73 bits per heavy atom. The van der Waals surface area contributed by atoms with Crippen LogP contribution in [0, 0.1) is 18.8 Å². The summed E-state index contributed by atoms with van der Waals surface area (Å²) in [6.07, 6.45) is -1.04. The van der Waals surface area contributed by atoms with Gasteiger partial charge in [-0.2, -0.15) is 4.31 Å². The summed E-state index contributed by atoms with van der Waals surface area (Å²) >= 11 is 1.52. The Labute approximate surface area is 295 Å². The van der Waals surface area contributed by atoms with Gasteiger partial charge in [0.05, 0.1) is 34.3 Å². The Morgan fingerprint density at radius 1 is 1.04 bits per heavy atom. The molecule has 0 saturated carbocycles. The van der Waals surface area contributed by atoms with Crippen molar-refractivity contribution in [2.75, 3.05) is 26.2 Å². The number of aliphatic hydroxyl groups excluding tert-OH is 1. The SMILES string of the molecule is Cc1nc(CN2CCN([C@H](C(=O)N[C@@H](Cc3ccccc3)[C@H](O)CN(CC(C)C)S(=O)(=O)c3ccc(O)c(C(C)C)c3)C(C)C)C2=O)cs1. The van der Waals surface area contributed by atoms with E-state index in [9.17, 15) is 28.2 Å². The molecule has 0 unspecified atom stereocenters. The molecule has 0 spiro atoms. The number of nitrogens with zero attached hydrogens (tertiary/aromatic N) is 4. The lowest BCUT2D eigenvalue weighted by Gasteiger charge is -2.34. The summed E-state index contributed by atoms with van der Waals surface area (Å²) in [4.78, 5) is 35.4. The van der Waals surface area contributed by atoms with Crippen molar-refractivity contribution in [1.29, 1.82) is 0 Å². The number of carbonyl (C=O) groups is 2. The second-order valence-corrected chi connectivity index (χ2v) is 16.9. The fourth-order valence-electron chi connectivity index (χ4n) is 6.22. The van der Waals surface area contributed by atoms with Crippen molar-refractivity contribution in [3.05, 3.63) is 75.7 Å². The fourth-order valence-corrected chi connectivity index (χ4v) is 8.49. The highest BCUT2D eigenvalue weighted by molar-refractivity contribution is 7.89. The molecular formula is C36H51N5O6S2. The summed E-state index contributed by atoms with van der Waals surface area (Å²) in [5.74, 6) is -0.791. The number of phenols is 1. The van der Waals surface area contributed by atoms with Crippen LogP contribution in [0.25, 0.3) is 0 Å². The molecule has 3 atom stereocenters. The first kappa shape index (κ1) is 38.3. The van der Waals surface area contributed by atoms with Crippen LogP contribution in [0.1, 0.15) is 69.3 Å². The maximum atomic E-state index is 14.1. The summed E-state index contributed by atoms with van der Waals surface area (Å²) in [6, 6.07) is 11.7. The minimum atomic E-state index is -4.09. The summed E-state index contributed by atoms with van der Waals surface area (Å²) < 4.78 is 29.4. The molecule has 0 radical (unpaired) electrons. The number of benzene rings is 2. The van der Waals surface area contributed by atoms with Crippen LogP contribution < -0.4 is 5.32 Å². The Bertz CT molecular complexity index is 1680.